The van der Waals surface area contributed by atoms with Gasteiger partial charge in [0, 0.05) is 52.0 Å². The lowest BCUT2D eigenvalue weighted by Gasteiger charge is -2.39. The Morgan fingerprint density at radius 1 is 1.19 bits per heavy atom. The summed E-state index contributed by atoms with van der Waals surface area (Å²) in [4.78, 5) is 17.4. The first-order chi connectivity index (χ1) is 14.8. The van der Waals surface area contributed by atoms with Gasteiger partial charge in [-0.25, -0.2) is 8.42 Å². The molecule has 2 saturated heterocycles. The highest BCUT2D eigenvalue weighted by atomic mass is 32.2. The molecule has 0 aliphatic carbocycles. The number of nitrogens with one attached hydrogen (secondary N) is 1. The number of rotatable bonds is 6. The molecule has 1 amide bonds. The SMILES string of the molecule is CC(C)CN1CCN(C(=O)[C@H]2CCCN(S(=O)(=O)c3ccc(-c4ccn[nH]4)o3)C2)CC1. The molecule has 0 unspecified atom stereocenters. The lowest BCUT2D eigenvalue weighted by atomic mass is 9.97. The molecule has 2 fully saturated rings. The van der Waals surface area contributed by atoms with E-state index in [0.29, 0.717) is 49.8 Å². The molecule has 2 aliphatic heterocycles. The van der Waals surface area contributed by atoms with Crippen molar-refractivity contribution in [3.8, 4) is 11.5 Å². The van der Waals surface area contributed by atoms with Crippen LogP contribution in [0.15, 0.2) is 33.9 Å². The van der Waals surface area contributed by atoms with Crippen LogP contribution >= 0.6 is 0 Å². The van der Waals surface area contributed by atoms with Crippen molar-refractivity contribution < 1.29 is 17.6 Å². The van der Waals surface area contributed by atoms with Crippen molar-refractivity contribution in [1.82, 2.24) is 24.3 Å². The number of hydrogen-bond acceptors (Lipinski definition) is 6. The molecule has 2 aliphatic rings. The highest BCUT2D eigenvalue weighted by molar-refractivity contribution is 7.89. The summed E-state index contributed by atoms with van der Waals surface area (Å²) < 4.78 is 33.3. The summed E-state index contributed by atoms with van der Waals surface area (Å²) >= 11 is 0. The van der Waals surface area contributed by atoms with E-state index in [1.54, 1.807) is 18.3 Å². The number of aromatic nitrogens is 2. The zero-order chi connectivity index (χ0) is 22.0. The van der Waals surface area contributed by atoms with Crippen LogP contribution in [0.25, 0.3) is 11.5 Å². The maximum atomic E-state index is 13.1. The number of hydrogen-bond donors (Lipinski definition) is 1. The summed E-state index contributed by atoms with van der Waals surface area (Å²) in [5, 5.41) is 6.52. The molecule has 0 spiro atoms. The lowest BCUT2D eigenvalue weighted by Crippen LogP contribution is -2.53. The van der Waals surface area contributed by atoms with Gasteiger partial charge in [0.05, 0.1) is 5.92 Å². The fourth-order valence-electron chi connectivity index (χ4n) is 4.41. The third-order valence-electron chi connectivity index (χ3n) is 5.98. The molecule has 2 aromatic heterocycles. The van der Waals surface area contributed by atoms with Crippen LogP contribution in [0.2, 0.25) is 0 Å². The van der Waals surface area contributed by atoms with Crippen LogP contribution in [0.3, 0.4) is 0 Å². The molecular formula is C21H31N5O4S. The van der Waals surface area contributed by atoms with Crippen LogP contribution in [-0.2, 0) is 14.8 Å². The molecule has 170 valence electrons. The highest BCUT2D eigenvalue weighted by Gasteiger charge is 2.37. The summed E-state index contributed by atoms with van der Waals surface area (Å²) in [6.07, 6.45) is 2.96. The van der Waals surface area contributed by atoms with Crippen LogP contribution in [0.1, 0.15) is 26.7 Å². The summed E-state index contributed by atoms with van der Waals surface area (Å²) in [5.74, 6) is 0.790. The number of carbonyl (C=O) groups is 1. The highest BCUT2D eigenvalue weighted by Crippen LogP contribution is 2.29. The quantitative estimate of drug-likeness (QED) is 0.722. The number of furan rings is 1. The molecule has 0 saturated carbocycles. The van der Waals surface area contributed by atoms with Crippen LogP contribution in [-0.4, -0.2) is 84.4 Å². The predicted molar refractivity (Wildman–Crippen MR) is 116 cm³/mol. The van der Waals surface area contributed by atoms with Crippen molar-refractivity contribution in [2.24, 2.45) is 11.8 Å². The van der Waals surface area contributed by atoms with Gasteiger partial charge in [-0.1, -0.05) is 13.8 Å². The summed E-state index contributed by atoms with van der Waals surface area (Å²) in [6.45, 7) is 9.21. The van der Waals surface area contributed by atoms with E-state index in [0.717, 1.165) is 19.6 Å². The summed E-state index contributed by atoms with van der Waals surface area (Å²) in [5.41, 5.74) is 0.616. The van der Waals surface area contributed by atoms with E-state index in [2.05, 4.69) is 28.9 Å². The second kappa shape index (κ2) is 9.13. The molecule has 0 aromatic carbocycles. The molecule has 0 radical (unpaired) electrons. The molecule has 0 bridgehead atoms. The molecular weight excluding hydrogens is 418 g/mol. The topological polar surface area (TPSA) is 103 Å². The van der Waals surface area contributed by atoms with E-state index in [4.69, 9.17) is 4.42 Å². The maximum absolute atomic E-state index is 13.1. The minimum absolute atomic E-state index is 0.0710. The average molecular weight is 450 g/mol. The number of aromatic amines is 1. The van der Waals surface area contributed by atoms with Gasteiger partial charge in [0.15, 0.2) is 5.76 Å². The second-order valence-corrected chi connectivity index (χ2v) is 10.7. The van der Waals surface area contributed by atoms with Crippen molar-refractivity contribution >= 4 is 15.9 Å². The van der Waals surface area contributed by atoms with E-state index in [9.17, 15) is 13.2 Å². The monoisotopic (exact) mass is 449 g/mol. The molecule has 9 nitrogen and oxygen atoms in total. The van der Waals surface area contributed by atoms with Crippen molar-refractivity contribution in [3.05, 3.63) is 24.4 Å². The van der Waals surface area contributed by atoms with Gasteiger partial charge in [0.25, 0.3) is 10.0 Å². The Morgan fingerprint density at radius 3 is 2.65 bits per heavy atom. The van der Waals surface area contributed by atoms with Gasteiger partial charge < -0.3 is 9.32 Å². The minimum atomic E-state index is -3.80. The Kier molecular flexibility index (Phi) is 6.49. The number of piperidine rings is 1. The molecule has 1 N–H and O–H groups in total. The van der Waals surface area contributed by atoms with Gasteiger partial charge in [0.2, 0.25) is 11.0 Å². The van der Waals surface area contributed by atoms with E-state index in [1.165, 1.54) is 10.4 Å². The number of piperazine rings is 1. The van der Waals surface area contributed by atoms with Crippen LogP contribution < -0.4 is 0 Å². The van der Waals surface area contributed by atoms with Gasteiger partial charge in [-0.15, -0.1) is 0 Å². The van der Waals surface area contributed by atoms with Crippen LogP contribution in [0.5, 0.6) is 0 Å². The Balaban J connectivity index is 1.39. The summed E-state index contributed by atoms with van der Waals surface area (Å²) in [7, 11) is -3.80. The molecule has 4 rings (SSSR count). The van der Waals surface area contributed by atoms with Gasteiger partial charge in [-0.05, 0) is 37.0 Å². The first-order valence-corrected chi connectivity index (χ1v) is 12.4. The first kappa shape index (κ1) is 22.0. The Morgan fingerprint density at radius 2 is 1.97 bits per heavy atom. The number of nitrogens with zero attached hydrogens (tertiary/aromatic N) is 4. The van der Waals surface area contributed by atoms with Crippen molar-refractivity contribution in [3.63, 3.8) is 0 Å². The van der Waals surface area contributed by atoms with E-state index in [-0.39, 0.29) is 23.5 Å². The third kappa shape index (κ3) is 4.86. The maximum Gasteiger partial charge on any atom is 0.276 e. The van der Waals surface area contributed by atoms with E-state index >= 15 is 0 Å². The molecule has 1 atom stereocenters. The Hall–Kier alpha value is -2.17. The van der Waals surface area contributed by atoms with E-state index in [1.807, 2.05) is 4.90 Å². The smallest absolute Gasteiger partial charge is 0.276 e. The van der Waals surface area contributed by atoms with E-state index < -0.39 is 10.0 Å². The molecule has 4 heterocycles. The van der Waals surface area contributed by atoms with Crippen molar-refractivity contribution in [2.45, 2.75) is 31.8 Å². The van der Waals surface area contributed by atoms with Gasteiger partial charge >= 0.3 is 0 Å². The number of carbonyl (C=O) groups excluding carboxylic acids is 1. The lowest BCUT2D eigenvalue weighted by molar-refractivity contribution is -0.138. The largest absolute Gasteiger partial charge is 0.442 e. The number of sulfonamides is 1. The normalized spacial score (nSPS) is 21.6. The summed E-state index contributed by atoms with van der Waals surface area (Å²) in [6, 6.07) is 4.79. The van der Waals surface area contributed by atoms with Crippen LogP contribution in [0.4, 0.5) is 0 Å². The molecule has 31 heavy (non-hydrogen) atoms. The number of amides is 1. The van der Waals surface area contributed by atoms with Gasteiger partial charge in [-0.3, -0.25) is 14.8 Å². The first-order valence-electron chi connectivity index (χ1n) is 11.0. The zero-order valence-electron chi connectivity index (χ0n) is 18.2. The third-order valence-corrected chi connectivity index (χ3v) is 7.72. The second-order valence-electron chi connectivity index (χ2n) is 8.81. The van der Waals surface area contributed by atoms with Gasteiger partial charge in [0.1, 0.15) is 5.69 Å². The Labute approximate surface area is 183 Å². The van der Waals surface area contributed by atoms with Crippen molar-refractivity contribution in [2.75, 3.05) is 45.8 Å². The van der Waals surface area contributed by atoms with Gasteiger partial charge in [-0.2, -0.15) is 9.40 Å². The average Bonchev–Trinajstić information content (AvgIpc) is 3.45. The number of H-pyrrole nitrogens is 1. The molecule has 10 heteroatoms. The van der Waals surface area contributed by atoms with Crippen LogP contribution in [0, 0.1) is 11.8 Å². The molecule has 2 aromatic rings. The fourth-order valence-corrected chi connectivity index (χ4v) is 5.85. The van der Waals surface area contributed by atoms with Crippen molar-refractivity contribution in [1.29, 1.82) is 0 Å². The standard InChI is InChI=1S/C21H31N5O4S/c1-16(2)14-24-10-12-25(13-11-24)21(27)17-4-3-9-26(15-17)31(28,29)20-6-5-19(30-20)18-7-8-22-23-18/h5-8,16-17H,3-4,9-15H2,1-2H3,(H,22,23)/t17-/m0/s1. The predicted octanol–water partition coefficient (Wildman–Crippen LogP) is 1.87. The fraction of sp³-hybridized carbons (Fsp3) is 0.619. The minimum Gasteiger partial charge on any atom is -0.442 e. The zero-order valence-corrected chi connectivity index (χ0v) is 19.0. The Bertz CT molecular complexity index is 977.